The molecule has 4 nitrogen and oxygen atoms in total. The molecule has 0 aliphatic heterocycles. The zero-order valence-electron chi connectivity index (χ0n) is 22.6. The van der Waals surface area contributed by atoms with Crippen LogP contribution in [0.2, 0.25) is 0 Å². The Labute approximate surface area is 206 Å². The molecule has 0 saturated carbocycles. The topological polar surface area (TPSA) is 52.6 Å². The van der Waals surface area contributed by atoms with Crippen LogP contribution in [0.25, 0.3) is 0 Å². The van der Waals surface area contributed by atoms with E-state index in [1.807, 2.05) is 0 Å². The van der Waals surface area contributed by atoms with Gasteiger partial charge in [0.1, 0.15) is 0 Å². The highest BCUT2D eigenvalue weighted by molar-refractivity contribution is 5.72. The van der Waals surface area contributed by atoms with Crippen molar-refractivity contribution in [2.45, 2.75) is 150 Å². The molecule has 0 fully saturated rings. The van der Waals surface area contributed by atoms with Gasteiger partial charge in [0.2, 0.25) is 0 Å². The van der Waals surface area contributed by atoms with E-state index >= 15 is 0 Å². The average molecular weight is 469 g/mol. The number of hydrogen-bond donors (Lipinski definition) is 0. The second-order valence-corrected chi connectivity index (χ2v) is 10.1. The molecule has 0 radical (unpaired) electrons. The molecule has 0 aromatic heterocycles. The van der Waals surface area contributed by atoms with Crippen LogP contribution in [0.4, 0.5) is 0 Å². The lowest BCUT2D eigenvalue weighted by Crippen LogP contribution is -2.23. The first-order chi connectivity index (χ1) is 16.0. The molecule has 33 heavy (non-hydrogen) atoms. The van der Waals surface area contributed by atoms with Crippen molar-refractivity contribution in [1.29, 1.82) is 0 Å². The van der Waals surface area contributed by atoms with E-state index in [4.69, 9.17) is 9.47 Å². The number of rotatable bonds is 24. The van der Waals surface area contributed by atoms with Crippen LogP contribution >= 0.6 is 0 Å². The van der Waals surface area contributed by atoms with Crippen molar-refractivity contribution >= 4 is 11.9 Å². The highest BCUT2D eigenvalue weighted by atomic mass is 16.5. The van der Waals surface area contributed by atoms with Gasteiger partial charge >= 0.3 is 11.9 Å². The lowest BCUT2D eigenvalue weighted by Gasteiger charge is -2.19. The molecule has 0 N–H and O–H groups in total. The first-order valence-corrected chi connectivity index (χ1v) is 14.3. The van der Waals surface area contributed by atoms with E-state index in [0.717, 1.165) is 51.4 Å². The fourth-order valence-corrected chi connectivity index (χ4v) is 4.19. The van der Waals surface area contributed by atoms with E-state index < -0.39 is 0 Å². The number of carbonyl (C=O) groups excluding carboxylic acids is 2. The Morgan fingerprint density at radius 2 is 1.03 bits per heavy atom. The maximum Gasteiger partial charge on any atom is 0.309 e. The van der Waals surface area contributed by atoms with Gasteiger partial charge in [-0.2, -0.15) is 0 Å². The summed E-state index contributed by atoms with van der Waals surface area (Å²) < 4.78 is 10.8. The van der Waals surface area contributed by atoms with Crippen molar-refractivity contribution in [1.82, 2.24) is 0 Å². The Balaban J connectivity index is 3.56. The Bertz CT molecular complexity index is 447. The Hall–Kier alpha value is -1.06. The van der Waals surface area contributed by atoms with Crippen LogP contribution in [0, 0.1) is 11.8 Å². The molecular weight excluding hydrogens is 412 g/mol. The van der Waals surface area contributed by atoms with Crippen molar-refractivity contribution < 1.29 is 19.1 Å². The molecule has 0 aromatic rings. The zero-order chi connectivity index (χ0) is 24.6. The molecule has 0 rings (SSSR count). The largest absolute Gasteiger partial charge is 0.466 e. The van der Waals surface area contributed by atoms with Crippen LogP contribution in [0.5, 0.6) is 0 Å². The molecular formula is C29H56O4. The molecule has 0 aromatic carbocycles. The number of carbonyl (C=O) groups is 2. The van der Waals surface area contributed by atoms with E-state index in [2.05, 4.69) is 27.7 Å². The van der Waals surface area contributed by atoms with Crippen LogP contribution in [0.1, 0.15) is 150 Å². The molecule has 196 valence electrons. The van der Waals surface area contributed by atoms with E-state index in [0.29, 0.717) is 25.6 Å². The lowest BCUT2D eigenvalue weighted by atomic mass is 9.90. The van der Waals surface area contributed by atoms with Crippen molar-refractivity contribution in [3.63, 3.8) is 0 Å². The van der Waals surface area contributed by atoms with Crippen molar-refractivity contribution in [3.05, 3.63) is 0 Å². The van der Waals surface area contributed by atoms with Gasteiger partial charge in [0.25, 0.3) is 0 Å². The third-order valence-corrected chi connectivity index (χ3v) is 6.51. The number of unbranched alkanes of at least 4 members (excludes halogenated alkanes) is 14. The maximum absolute atomic E-state index is 12.4. The van der Waals surface area contributed by atoms with Gasteiger partial charge in [-0.25, -0.2) is 0 Å². The summed E-state index contributed by atoms with van der Waals surface area (Å²) in [5.41, 5.74) is 0. The number of esters is 2. The van der Waals surface area contributed by atoms with Gasteiger partial charge in [0.15, 0.2) is 0 Å². The summed E-state index contributed by atoms with van der Waals surface area (Å²) in [5, 5.41) is 0. The van der Waals surface area contributed by atoms with E-state index in [1.165, 1.54) is 64.2 Å². The van der Waals surface area contributed by atoms with Crippen molar-refractivity contribution in [3.8, 4) is 0 Å². The second-order valence-electron chi connectivity index (χ2n) is 10.1. The summed E-state index contributed by atoms with van der Waals surface area (Å²) in [4.78, 5) is 24.1. The van der Waals surface area contributed by atoms with Gasteiger partial charge < -0.3 is 9.47 Å². The standard InChI is InChI=1S/C29H56O4/c1-5-7-9-20-24-32-28(30)23-19-17-15-13-11-12-14-16-18-22-27(26(3)4)29(31)33-25-21-10-8-6-2/h26-27H,5-25H2,1-4H3. The Morgan fingerprint density at radius 1 is 0.576 bits per heavy atom. The molecule has 1 unspecified atom stereocenters. The van der Waals surface area contributed by atoms with Crippen LogP contribution in [-0.4, -0.2) is 25.2 Å². The average Bonchev–Trinajstić information content (AvgIpc) is 2.79. The summed E-state index contributed by atoms with van der Waals surface area (Å²) in [5.74, 6) is 0.402. The van der Waals surface area contributed by atoms with Crippen molar-refractivity contribution in [2.24, 2.45) is 11.8 Å². The Kier molecular flexibility index (Phi) is 23.3. The number of hydrogen-bond acceptors (Lipinski definition) is 4. The van der Waals surface area contributed by atoms with Gasteiger partial charge in [-0.05, 0) is 31.6 Å². The van der Waals surface area contributed by atoms with Crippen LogP contribution in [0.3, 0.4) is 0 Å². The Morgan fingerprint density at radius 3 is 1.55 bits per heavy atom. The van der Waals surface area contributed by atoms with Crippen molar-refractivity contribution in [2.75, 3.05) is 13.2 Å². The second kappa shape index (κ2) is 24.1. The monoisotopic (exact) mass is 468 g/mol. The van der Waals surface area contributed by atoms with Gasteiger partial charge in [-0.3, -0.25) is 9.59 Å². The summed E-state index contributed by atoms with van der Waals surface area (Å²) in [6.45, 7) is 9.83. The molecule has 0 bridgehead atoms. The zero-order valence-corrected chi connectivity index (χ0v) is 22.6. The van der Waals surface area contributed by atoms with Crippen LogP contribution in [0.15, 0.2) is 0 Å². The lowest BCUT2D eigenvalue weighted by molar-refractivity contribution is -0.150. The summed E-state index contributed by atoms with van der Waals surface area (Å²) in [6, 6.07) is 0. The van der Waals surface area contributed by atoms with Crippen LogP contribution < -0.4 is 0 Å². The van der Waals surface area contributed by atoms with E-state index in [-0.39, 0.29) is 17.9 Å². The minimum Gasteiger partial charge on any atom is -0.466 e. The quantitative estimate of drug-likeness (QED) is 0.105. The van der Waals surface area contributed by atoms with E-state index in [1.54, 1.807) is 0 Å². The fraction of sp³-hybridized carbons (Fsp3) is 0.931. The summed E-state index contributed by atoms with van der Waals surface area (Å²) in [7, 11) is 0. The maximum atomic E-state index is 12.4. The molecule has 0 heterocycles. The van der Waals surface area contributed by atoms with E-state index in [9.17, 15) is 9.59 Å². The highest BCUT2D eigenvalue weighted by Crippen LogP contribution is 2.21. The minimum absolute atomic E-state index is 0.0156. The smallest absolute Gasteiger partial charge is 0.309 e. The van der Waals surface area contributed by atoms with Crippen LogP contribution in [-0.2, 0) is 19.1 Å². The molecule has 0 amide bonds. The number of ether oxygens (including phenoxy) is 2. The third-order valence-electron chi connectivity index (χ3n) is 6.51. The predicted octanol–water partition coefficient (Wildman–Crippen LogP) is 8.80. The predicted molar refractivity (Wildman–Crippen MR) is 139 cm³/mol. The van der Waals surface area contributed by atoms with Gasteiger partial charge in [-0.15, -0.1) is 0 Å². The van der Waals surface area contributed by atoms with Gasteiger partial charge in [0, 0.05) is 6.42 Å². The van der Waals surface area contributed by atoms with Gasteiger partial charge in [0.05, 0.1) is 19.1 Å². The first-order valence-electron chi connectivity index (χ1n) is 14.3. The minimum atomic E-state index is -0.0217. The molecule has 1 atom stereocenters. The molecule has 0 saturated heterocycles. The normalized spacial score (nSPS) is 12.2. The molecule has 0 aliphatic rings. The molecule has 4 heteroatoms. The first kappa shape index (κ1) is 31.9. The van der Waals surface area contributed by atoms with Gasteiger partial charge in [-0.1, -0.05) is 118 Å². The summed E-state index contributed by atoms with van der Waals surface area (Å²) in [6.07, 6.45) is 21.4. The third kappa shape index (κ3) is 21.2. The fourth-order valence-electron chi connectivity index (χ4n) is 4.19. The highest BCUT2D eigenvalue weighted by Gasteiger charge is 2.23. The summed E-state index contributed by atoms with van der Waals surface area (Å²) >= 11 is 0. The SMILES string of the molecule is CCCCCCOC(=O)CCCCCCCCCCCC(C(=O)OCCCCCC)C(C)C. The molecule has 0 spiro atoms. The molecule has 0 aliphatic carbocycles.